The van der Waals surface area contributed by atoms with Gasteiger partial charge in [-0.3, -0.25) is 4.98 Å². The van der Waals surface area contributed by atoms with Gasteiger partial charge < -0.3 is 4.90 Å². The Morgan fingerprint density at radius 1 is 1.29 bits per heavy atom. The summed E-state index contributed by atoms with van der Waals surface area (Å²) in [4.78, 5) is 6.24. The van der Waals surface area contributed by atoms with Gasteiger partial charge in [0.25, 0.3) is 0 Å². The summed E-state index contributed by atoms with van der Waals surface area (Å²) in [5.41, 5.74) is 3.17. The van der Waals surface area contributed by atoms with Gasteiger partial charge in [0.1, 0.15) is 0 Å². The highest BCUT2D eigenvalue weighted by atomic mass is 79.9. The third kappa shape index (κ3) is 4.45. The summed E-state index contributed by atoms with van der Waals surface area (Å²) in [6.45, 7) is 1.32. The molecule has 0 amide bonds. The van der Waals surface area contributed by atoms with Gasteiger partial charge >= 0.3 is 0 Å². The lowest BCUT2D eigenvalue weighted by atomic mass is 10.2. The Balaban J connectivity index is 2.25. The zero-order valence-electron chi connectivity index (χ0n) is 11.5. The molecule has 0 fully saturated rings. The Morgan fingerprint density at radius 3 is 2.76 bits per heavy atom. The Hall–Kier alpha value is -1.57. The number of benzene rings is 1. The van der Waals surface area contributed by atoms with Crippen molar-refractivity contribution in [2.24, 2.45) is 0 Å². The molecule has 0 bridgehead atoms. The van der Waals surface area contributed by atoms with Crippen LogP contribution in [0.25, 0.3) is 0 Å². The smallest absolute Gasteiger partial charge is 0.0642 e. The van der Waals surface area contributed by atoms with Gasteiger partial charge in [0.15, 0.2) is 0 Å². The molecule has 0 saturated carbocycles. The summed E-state index contributed by atoms with van der Waals surface area (Å²) in [6, 6.07) is 12.1. The van der Waals surface area contributed by atoms with Crippen molar-refractivity contribution in [1.29, 1.82) is 5.26 Å². The summed E-state index contributed by atoms with van der Waals surface area (Å²) in [5.74, 6) is 0. The molecule has 0 N–H and O–H groups in total. The number of hydrogen-bond acceptors (Lipinski definition) is 3. The number of hydrogen-bond donors (Lipinski definition) is 0. The number of rotatable bonds is 6. The van der Waals surface area contributed by atoms with E-state index in [9.17, 15) is 0 Å². The molecule has 2 aromatic rings. The molecule has 108 valence electrons. The molecule has 5 heteroatoms. The molecular weight excluding hydrogens is 350 g/mol. The van der Waals surface area contributed by atoms with Gasteiger partial charge in [0.05, 0.1) is 23.2 Å². The maximum atomic E-state index is 8.85. The molecule has 0 saturated heterocycles. The number of alkyl halides is 1. The first-order valence-corrected chi connectivity index (χ1v) is 8.09. The Kier molecular flexibility index (Phi) is 6.04. The SMILES string of the molecule is N#CCCN(Cc1cccnc1)c1ccc(CBr)cc1Cl. The number of anilines is 1. The molecule has 0 spiro atoms. The zero-order valence-corrected chi connectivity index (χ0v) is 13.8. The van der Waals surface area contributed by atoms with Crippen molar-refractivity contribution < 1.29 is 0 Å². The van der Waals surface area contributed by atoms with E-state index in [0.29, 0.717) is 24.5 Å². The maximum Gasteiger partial charge on any atom is 0.0642 e. The standard InChI is InChI=1S/C16H15BrClN3/c17-10-13-4-5-16(15(18)9-13)21(8-2-6-19)12-14-3-1-7-20-11-14/h1,3-5,7,9,11H,2,8,10,12H2. The lowest BCUT2D eigenvalue weighted by molar-refractivity contribution is 0.795. The molecule has 2 rings (SSSR count). The predicted molar refractivity (Wildman–Crippen MR) is 89.6 cm³/mol. The van der Waals surface area contributed by atoms with E-state index in [1.165, 1.54) is 0 Å². The fraction of sp³-hybridized carbons (Fsp3) is 0.250. The monoisotopic (exact) mass is 363 g/mol. The lowest BCUT2D eigenvalue weighted by Gasteiger charge is -2.25. The van der Waals surface area contributed by atoms with Crippen LogP contribution in [0.5, 0.6) is 0 Å². The minimum Gasteiger partial charge on any atom is -0.365 e. The van der Waals surface area contributed by atoms with E-state index in [2.05, 4.69) is 31.9 Å². The summed E-state index contributed by atoms with van der Waals surface area (Å²) < 4.78 is 0. The Labute approximate surface area is 138 Å². The Bertz CT molecular complexity index is 625. The van der Waals surface area contributed by atoms with Gasteiger partial charge in [0, 0.05) is 30.8 Å². The molecule has 21 heavy (non-hydrogen) atoms. The number of nitrogens with zero attached hydrogens (tertiary/aromatic N) is 3. The second kappa shape index (κ2) is 8.02. The third-order valence-corrected chi connectivity index (χ3v) is 4.05. The fourth-order valence-electron chi connectivity index (χ4n) is 2.07. The molecule has 0 aliphatic carbocycles. The van der Waals surface area contributed by atoms with Crippen LogP contribution in [0.4, 0.5) is 5.69 Å². The van der Waals surface area contributed by atoms with E-state index in [-0.39, 0.29) is 0 Å². The average Bonchev–Trinajstić information content (AvgIpc) is 2.52. The van der Waals surface area contributed by atoms with Gasteiger partial charge in [-0.2, -0.15) is 5.26 Å². The maximum absolute atomic E-state index is 8.85. The van der Waals surface area contributed by atoms with Crippen LogP contribution in [0.15, 0.2) is 42.7 Å². The van der Waals surface area contributed by atoms with Crippen LogP contribution in [0.1, 0.15) is 17.5 Å². The third-order valence-electron chi connectivity index (χ3n) is 3.10. The minimum absolute atomic E-state index is 0.455. The quantitative estimate of drug-likeness (QED) is 0.706. The van der Waals surface area contributed by atoms with Gasteiger partial charge in [-0.15, -0.1) is 0 Å². The lowest BCUT2D eigenvalue weighted by Crippen LogP contribution is -2.24. The molecule has 1 aromatic heterocycles. The second-order valence-corrected chi connectivity index (χ2v) is 5.58. The van der Waals surface area contributed by atoms with Crippen molar-refractivity contribution in [2.75, 3.05) is 11.4 Å². The Morgan fingerprint density at radius 2 is 2.14 bits per heavy atom. The van der Waals surface area contributed by atoms with Gasteiger partial charge in [0.2, 0.25) is 0 Å². The van der Waals surface area contributed by atoms with Crippen molar-refractivity contribution in [1.82, 2.24) is 4.98 Å². The zero-order chi connectivity index (χ0) is 15.1. The first-order valence-electron chi connectivity index (χ1n) is 6.60. The van der Waals surface area contributed by atoms with E-state index in [1.54, 1.807) is 6.20 Å². The molecule has 0 aliphatic heterocycles. The van der Waals surface area contributed by atoms with Crippen LogP contribution < -0.4 is 4.90 Å². The number of nitriles is 1. The molecule has 0 aliphatic rings. The van der Waals surface area contributed by atoms with Crippen LogP contribution in [0, 0.1) is 11.3 Å². The molecular formula is C16H15BrClN3. The second-order valence-electron chi connectivity index (χ2n) is 4.61. The van der Waals surface area contributed by atoms with Gasteiger partial charge in [-0.25, -0.2) is 0 Å². The first-order chi connectivity index (χ1) is 10.2. The van der Waals surface area contributed by atoms with Crippen molar-refractivity contribution in [3.8, 4) is 6.07 Å². The summed E-state index contributed by atoms with van der Waals surface area (Å²) in [5, 5.41) is 10.3. The number of aromatic nitrogens is 1. The van der Waals surface area contributed by atoms with E-state index in [1.807, 2.05) is 36.5 Å². The number of pyridine rings is 1. The van der Waals surface area contributed by atoms with Crippen LogP contribution in [-0.4, -0.2) is 11.5 Å². The molecule has 0 atom stereocenters. The van der Waals surface area contributed by atoms with E-state index < -0.39 is 0 Å². The highest BCUT2D eigenvalue weighted by molar-refractivity contribution is 9.08. The van der Waals surface area contributed by atoms with Crippen LogP contribution in [0.2, 0.25) is 5.02 Å². The predicted octanol–water partition coefficient (Wildman–Crippen LogP) is 4.55. The highest BCUT2D eigenvalue weighted by Crippen LogP contribution is 2.29. The van der Waals surface area contributed by atoms with E-state index >= 15 is 0 Å². The van der Waals surface area contributed by atoms with Crippen LogP contribution in [0.3, 0.4) is 0 Å². The molecule has 0 radical (unpaired) electrons. The van der Waals surface area contributed by atoms with E-state index in [0.717, 1.165) is 22.1 Å². The van der Waals surface area contributed by atoms with Crippen molar-refractivity contribution >= 4 is 33.2 Å². The summed E-state index contributed by atoms with van der Waals surface area (Å²) in [7, 11) is 0. The molecule has 1 heterocycles. The largest absolute Gasteiger partial charge is 0.365 e. The minimum atomic E-state index is 0.455. The van der Waals surface area contributed by atoms with E-state index in [4.69, 9.17) is 16.9 Å². The average molecular weight is 365 g/mol. The van der Waals surface area contributed by atoms with Crippen molar-refractivity contribution in [3.05, 3.63) is 58.9 Å². The topological polar surface area (TPSA) is 39.9 Å². The fourth-order valence-corrected chi connectivity index (χ4v) is 2.74. The first kappa shape index (κ1) is 15.8. The van der Waals surface area contributed by atoms with Crippen LogP contribution >= 0.6 is 27.5 Å². The normalized spacial score (nSPS) is 10.1. The molecule has 0 unspecified atom stereocenters. The summed E-state index contributed by atoms with van der Waals surface area (Å²) in [6.07, 6.45) is 4.04. The van der Waals surface area contributed by atoms with Gasteiger partial charge in [-0.05, 0) is 29.3 Å². The van der Waals surface area contributed by atoms with Crippen molar-refractivity contribution in [3.63, 3.8) is 0 Å². The summed E-state index contributed by atoms with van der Waals surface area (Å²) >= 11 is 9.81. The highest BCUT2D eigenvalue weighted by Gasteiger charge is 2.11. The van der Waals surface area contributed by atoms with Gasteiger partial charge in [-0.1, -0.05) is 39.7 Å². The molecule has 1 aromatic carbocycles. The van der Waals surface area contributed by atoms with Crippen LogP contribution in [-0.2, 0) is 11.9 Å². The van der Waals surface area contributed by atoms with Crippen molar-refractivity contribution in [2.45, 2.75) is 18.3 Å². The molecule has 3 nitrogen and oxygen atoms in total. The number of halogens is 2.